The highest BCUT2D eigenvalue weighted by Gasteiger charge is 2.43. The highest BCUT2D eigenvalue weighted by Crippen LogP contribution is 2.50. The maximum atomic E-state index is 14.7. The van der Waals surface area contributed by atoms with Crippen LogP contribution in [0.15, 0.2) is 22.7 Å². The van der Waals surface area contributed by atoms with E-state index in [0.717, 1.165) is 62.9 Å². The third kappa shape index (κ3) is 6.27. The molecule has 7 nitrogen and oxygen atoms in total. The number of benzene rings is 1. The van der Waals surface area contributed by atoms with Crippen LogP contribution in [0.25, 0.3) is 0 Å². The molecular weight excluding hydrogens is 471 g/mol. The first-order valence-electron chi connectivity index (χ1n) is 14.1. The van der Waals surface area contributed by atoms with Crippen molar-refractivity contribution in [3.8, 4) is 5.75 Å². The number of hydrogen-bond acceptors (Lipinski definition) is 6. The van der Waals surface area contributed by atoms with E-state index >= 15 is 0 Å². The van der Waals surface area contributed by atoms with Crippen LogP contribution in [0.2, 0.25) is 0 Å². The Morgan fingerprint density at radius 2 is 1.97 bits per heavy atom. The molecule has 2 heterocycles. The molecule has 1 aliphatic heterocycles. The molecule has 3 fully saturated rings. The zero-order valence-electron chi connectivity index (χ0n) is 22.5. The largest absolute Gasteiger partial charge is 0.493 e. The van der Waals surface area contributed by atoms with Crippen molar-refractivity contribution in [3.05, 3.63) is 35.4 Å². The average Bonchev–Trinajstić information content (AvgIpc) is 3.27. The minimum Gasteiger partial charge on any atom is -0.493 e. The number of likely N-dealkylation sites (N-methyl/N-ethyl adjacent to an activating group) is 1. The number of aromatic nitrogens is 2. The number of nitrogens with zero attached hydrogens (tertiary/aromatic N) is 4. The van der Waals surface area contributed by atoms with Crippen LogP contribution in [-0.4, -0.2) is 53.7 Å². The summed E-state index contributed by atoms with van der Waals surface area (Å²) >= 11 is 0. The molecule has 2 aliphatic carbocycles. The summed E-state index contributed by atoms with van der Waals surface area (Å²) in [4.78, 5) is 21.1. The SMILES string of the molecule is CC(C)c1noc(N2CCC(C3C[C@H]3CCOc3ccc(CC(=O)N(C)C4CCCC4)c(F)c3)CC2)n1. The molecule has 2 saturated carbocycles. The summed E-state index contributed by atoms with van der Waals surface area (Å²) in [5.41, 5.74) is 0.441. The number of anilines is 1. The van der Waals surface area contributed by atoms with Gasteiger partial charge in [0, 0.05) is 38.2 Å². The van der Waals surface area contributed by atoms with Gasteiger partial charge in [-0.2, -0.15) is 4.98 Å². The molecule has 0 N–H and O–H groups in total. The second-order valence-electron chi connectivity index (χ2n) is 11.6. The first-order chi connectivity index (χ1) is 17.9. The highest BCUT2D eigenvalue weighted by atomic mass is 19.1. The summed E-state index contributed by atoms with van der Waals surface area (Å²) in [5.74, 6) is 3.42. The normalized spacial score (nSPS) is 22.6. The van der Waals surface area contributed by atoms with Gasteiger partial charge in [0.25, 0.3) is 0 Å². The van der Waals surface area contributed by atoms with Crippen LogP contribution >= 0.6 is 0 Å². The van der Waals surface area contributed by atoms with Gasteiger partial charge in [0.1, 0.15) is 11.6 Å². The van der Waals surface area contributed by atoms with Gasteiger partial charge in [-0.25, -0.2) is 4.39 Å². The molecular formula is C29H41FN4O3. The van der Waals surface area contributed by atoms with Gasteiger partial charge < -0.3 is 19.1 Å². The molecule has 1 aromatic heterocycles. The number of halogens is 1. The fraction of sp³-hybridized carbons (Fsp3) is 0.690. The van der Waals surface area contributed by atoms with Crippen molar-refractivity contribution in [2.24, 2.45) is 17.8 Å². The molecule has 0 bridgehead atoms. The molecule has 0 radical (unpaired) electrons. The van der Waals surface area contributed by atoms with Crippen LogP contribution < -0.4 is 9.64 Å². The summed E-state index contributed by atoms with van der Waals surface area (Å²) in [7, 11) is 1.85. The lowest BCUT2D eigenvalue weighted by Crippen LogP contribution is -2.36. The molecule has 1 saturated heterocycles. The Kier molecular flexibility index (Phi) is 8.01. The topological polar surface area (TPSA) is 71.7 Å². The van der Waals surface area contributed by atoms with Crippen LogP contribution in [0.5, 0.6) is 5.75 Å². The highest BCUT2D eigenvalue weighted by molar-refractivity contribution is 5.79. The van der Waals surface area contributed by atoms with Gasteiger partial charge in [-0.05, 0) is 67.9 Å². The molecule has 2 atom stereocenters. The van der Waals surface area contributed by atoms with Crippen LogP contribution in [0.3, 0.4) is 0 Å². The van der Waals surface area contributed by atoms with Crippen molar-refractivity contribution in [1.82, 2.24) is 15.0 Å². The first kappa shape index (κ1) is 26.0. The second kappa shape index (κ2) is 11.4. The lowest BCUT2D eigenvalue weighted by molar-refractivity contribution is -0.131. The smallest absolute Gasteiger partial charge is 0.324 e. The summed E-state index contributed by atoms with van der Waals surface area (Å²) < 4.78 is 26.0. The second-order valence-corrected chi connectivity index (χ2v) is 11.6. The minimum atomic E-state index is -0.358. The first-order valence-corrected chi connectivity index (χ1v) is 14.1. The third-order valence-corrected chi connectivity index (χ3v) is 8.73. The van der Waals surface area contributed by atoms with E-state index in [1.807, 2.05) is 7.05 Å². The summed E-state index contributed by atoms with van der Waals surface area (Å²) in [6.45, 7) is 6.68. The van der Waals surface area contributed by atoms with Crippen molar-refractivity contribution in [1.29, 1.82) is 0 Å². The molecule has 2 aromatic rings. The van der Waals surface area contributed by atoms with Crippen LogP contribution in [0.4, 0.5) is 10.4 Å². The molecule has 1 aromatic carbocycles. The predicted molar refractivity (Wildman–Crippen MR) is 140 cm³/mol. The fourth-order valence-electron chi connectivity index (χ4n) is 6.16. The fourth-order valence-corrected chi connectivity index (χ4v) is 6.16. The van der Waals surface area contributed by atoms with Crippen molar-refractivity contribution < 1.29 is 18.4 Å². The Hall–Kier alpha value is -2.64. The van der Waals surface area contributed by atoms with Crippen molar-refractivity contribution in [3.63, 3.8) is 0 Å². The Morgan fingerprint density at radius 1 is 1.22 bits per heavy atom. The Morgan fingerprint density at radius 3 is 2.65 bits per heavy atom. The van der Waals surface area contributed by atoms with E-state index in [2.05, 4.69) is 28.9 Å². The van der Waals surface area contributed by atoms with E-state index in [1.54, 1.807) is 17.0 Å². The maximum absolute atomic E-state index is 14.7. The minimum absolute atomic E-state index is 0.0116. The number of ether oxygens (including phenoxy) is 1. The lowest BCUT2D eigenvalue weighted by atomic mass is 9.90. The van der Waals surface area contributed by atoms with Gasteiger partial charge in [-0.3, -0.25) is 4.79 Å². The van der Waals surface area contributed by atoms with Crippen molar-refractivity contribution >= 4 is 11.9 Å². The molecule has 5 rings (SSSR count). The monoisotopic (exact) mass is 512 g/mol. The molecule has 3 aliphatic rings. The standard InChI is InChI=1S/C29H41FN4O3/c1-19(2)28-31-29(37-32-28)34-13-10-20(11-14-34)25-16-21(25)12-15-36-24-9-8-22(26(30)18-24)17-27(35)33(3)23-6-4-5-7-23/h8-9,18-21,23,25H,4-7,10-17H2,1-3H3/t21-,25?/m1/s1. The van der Waals surface area contributed by atoms with E-state index in [9.17, 15) is 9.18 Å². The van der Waals surface area contributed by atoms with E-state index in [4.69, 9.17) is 9.26 Å². The summed E-state index contributed by atoms with van der Waals surface area (Å²) in [6, 6.07) is 5.89. The maximum Gasteiger partial charge on any atom is 0.324 e. The van der Waals surface area contributed by atoms with Gasteiger partial charge in [-0.1, -0.05) is 37.9 Å². The van der Waals surface area contributed by atoms with E-state index in [1.165, 1.54) is 25.3 Å². The van der Waals surface area contributed by atoms with Crippen LogP contribution in [0, 0.1) is 23.6 Å². The average molecular weight is 513 g/mol. The number of amides is 1. The van der Waals surface area contributed by atoms with Crippen molar-refractivity contribution in [2.45, 2.75) is 83.6 Å². The number of piperidine rings is 1. The Bertz CT molecular complexity index is 1060. The van der Waals surface area contributed by atoms with E-state index < -0.39 is 0 Å². The van der Waals surface area contributed by atoms with E-state index in [-0.39, 0.29) is 24.1 Å². The summed E-state index contributed by atoms with van der Waals surface area (Å²) in [5, 5.41) is 4.09. The predicted octanol–water partition coefficient (Wildman–Crippen LogP) is 5.60. The van der Waals surface area contributed by atoms with Crippen LogP contribution in [0.1, 0.15) is 82.5 Å². The van der Waals surface area contributed by atoms with Crippen LogP contribution in [-0.2, 0) is 11.2 Å². The molecule has 202 valence electrons. The van der Waals surface area contributed by atoms with E-state index in [0.29, 0.717) is 35.9 Å². The van der Waals surface area contributed by atoms with Gasteiger partial charge in [0.05, 0.1) is 13.0 Å². The molecule has 8 heteroatoms. The van der Waals surface area contributed by atoms with Crippen molar-refractivity contribution in [2.75, 3.05) is 31.6 Å². The van der Waals surface area contributed by atoms with Gasteiger partial charge in [-0.15, -0.1) is 0 Å². The lowest BCUT2D eigenvalue weighted by Gasteiger charge is -2.30. The van der Waals surface area contributed by atoms with Gasteiger partial charge >= 0.3 is 6.01 Å². The molecule has 1 unspecified atom stereocenters. The number of rotatable bonds is 10. The zero-order valence-corrected chi connectivity index (χ0v) is 22.5. The zero-order chi connectivity index (χ0) is 25.9. The molecule has 0 spiro atoms. The third-order valence-electron chi connectivity index (χ3n) is 8.73. The van der Waals surface area contributed by atoms with Gasteiger partial charge in [0.2, 0.25) is 5.91 Å². The number of hydrogen-bond donors (Lipinski definition) is 0. The molecule has 1 amide bonds. The quantitative estimate of drug-likeness (QED) is 0.413. The number of carbonyl (C=O) groups is 1. The number of carbonyl (C=O) groups excluding carboxylic acids is 1. The van der Waals surface area contributed by atoms with Gasteiger partial charge in [0.15, 0.2) is 5.82 Å². The Labute approximate surface area is 219 Å². The molecule has 37 heavy (non-hydrogen) atoms. The Balaban J connectivity index is 1.02. The summed E-state index contributed by atoms with van der Waals surface area (Å²) in [6.07, 6.45) is 9.12.